The zero-order valence-corrected chi connectivity index (χ0v) is 23.3. The summed E-state index contributed by atoms with van der Waals surface area (Å²) in [7, 11) is -3.80. The summed E-state index contributed by atoms with van der Waals surface area (Å²) in [5.41, 5.74) is 2.58. The lowest BCUT2D eigenvalue weighted by atomic mass is 10.1. The van der Waals surface area contributed by atoms with Crippen molar-refractivity contribution < 1.29 is 18.0 Å². The van der Waals surface area contributed by atoms with Crippen LogP contribution >= 0.6 is 23.2 Å². The highest BCUT2D eigenvalue weighted by Gasteiger charge is 2.32. The highest BCUT2D eigenvalue weighted by molar-refractivity contribution is 7.92. The lowest BCUT2D eigenvalue weighted by Gasteiger charge is -2.34. The fourth-order valence-electron chi connectivity index (χ4n) is 3.91. The molecule has 0 aliphatic heterocycles. The molecule has 2 aromatic carbocycles. The van der Waals surface area contributed by atoms with Gasteiger partial charge in [0.2, 0.25) is 21.8 Å². The minimum Gasteiger partial charge on any atom is -0.352 e. The number of para-hydroxylation sites is 1. The Bertz CT molecular complexity index is 1160. The molecule has 0 saturated heterocycles. The predicted octanol–water partition coefficient (Wildman–Crippen LogP) is 4.71. The van der Waals surface area contributed by atoms with Crippen molar-refractivity contribution in [3.05, 3.63) is 63.1 Å². The first kappa shape index (κ1) is 28.9. The number of benzene rings is 2. The smallest absolute Gasteiger partial charge is 0.244 e. The molecule has 0 radical (unpaired) electrons. The van der Waals surface area contributed by atoms with Crippen molar-refractivity contribution in [3.63, 3.8) is 0 Å². The van der Waals surface area contributed by atoms with Crippen molar-refractivity contribution in [2.24, 2.45) is 0 Å². The van der Waals surface area contributed by atoms with Gasteiger partial charge in [0, 0.05) is 12.6 Å². The molecule has 0 aliphatic carbocycles. The van der Waals surface area contributed by atoms with Crippen LogP contribution in [0.1, 0.15) is 43.9 Å². The van der Waals surface area contributed by atoms with Gasteiger partial charge in [-0.3, -0.25) is 13.9 Å². The molecule has 35 heavy (non-hydrogen) atoms. The van der Waals surface area contributed by atoms with Crippen LogP contribution in [0.3, 0.4) is 0 Å². The largest absolute Gasteiger partial charge is 0.352 e. The van der Waals surface area contributed by atoms with Gasteiger partial charge in [-0.15, -0.1) is 0 Å². The topological polar surface area (TPSA) is 86.8 Å². The number of hydrogen-bond donors (Lipinski definition) is 1. The van der Waals surface area contributed by atoms with Crippen LogP contribution in [0, 0.1) is 13.8 Å². The number of rotatable bonds is 10. The summed E-state index contributed by atoms with van der Waals surface area (Å²) in [5, 5.41) is 3.55. The van der Waals surface area contributed by atoms with Crippen LogP contribution in [0.2, 0.25) is 10.0 Å². The molecule has 0 aliphatic rings. The maximum Gasteiger partial charge on any atom is 0.244 e. The highest BCUT2D eigenvalue weighted by Crippen LogP contribution is 2.28. The van der Waals surface area contributed by atoms with Gasteiger partial charge < -0.3 is 10.2 Å². The van der Waals surface area contributed by atoms with E-state index in [-0.39, 0.29) is 18.5 Å². The molecule has 0 bridgehead atoms. The number of anilines is 1. The van der Waals surface area contributed by atoms with Crippen molar-refractivity contribution in [1.29, 1.82) is 0 Å². The quantitative estimate of drug-likeness (QED) is 0.471. The van der Waals surface area contributed by atoms with E-state index in [0.29, 0.717) is 27.7 Å². The molecule has 2 aromatic rings. The zero-order valence-electron chi connectivity index (χ0n) is 20.9. The summed E-state index contributed by atoms with van der Waals surface area (Å²) in [6, 6.07) is 9.47. The van der Waals surface area contributed by atoms with Crippen molar-refractivity contribution in [2.45, 2.75) is 59.7 Å². The van der Waals surface area contributed by atoms with Crippen molar-refractivity contribution in [3.8, 4) is 0 Å². The van der Waals surface area contributed by atoms with Gasteiger partial charge in [-0.1, -0.05) is 54.4 Å². The Morgan fingerprint density at radius 2 is 1.63 bits per heavy atom. The van der Waals surface area contributed by atoms with Crippen LogP contribution in [-0.4, -0.2) is 50.0 Å². The third-order valence-corrected chi connectivity index (χ3v) is 7.37. The molecule has 1 atom stereocenters. The monoisotopic (exact) mass is 541 g/mol. The minimum absolute atomic E-state index is 0.0596. The van der Waals surface area contributed by atoms with Crippen LogP contribution in [0.4, 0.5) is 5.69 Å². The maximum absolute atomic E-state index is 13.7. The molecule has 1 N–H and O–H groups in total. The van der Waals surface area contributed by atoms with Crippen molar-refractivity contribution >= 4 is 50.7 Å². The Balaban J connectivity index is 2.52. The Hall–Kier alpha value is -2.29. The van der Waals surface area contributed by atoms with Crippen molar-refractivity contribution in [1.82, 2.24) is 10.2 Å². The highest BCUT2D eigenvalue weighted by atomic mass is 35.5. The average molecular weight is 543 g/mol. The molecule has 0 unspecified atom stereocenters. The summed E-state index contributed by atoms with van der Waals surface area (Å²) >= 11 is 12.2. The zero-order chi connectivity index (χ0) is 26.5. The molecular weight excluding hydrogens is 509 g/mol. The molecular formula is C25H33Cl2N3O4S. The third kappa shape index (κ3) is 7.59. The van der Waals surface area contributed by atoms with Gasteiger partial charge in [-0.25, -0.2) is 8.42 Å². The number of nitrogens with one attached hydrogen (secondary N) is 1. The molecule has 7 nitrogen and oxygen atoms in total. The maximum atomic E-state index is 13.7. The molecule has 0 saturated carbocycles. The second-order valence-corrected chi connectivity index (χ2v) is 11.6. The molecule has 0 spiro atoms. The minimum atomic E-state index is -3.80. The summed E-state index contributed by atoms with van der Waals surface area (Å²) < 4.78 is 26.7. The van der Waals surface area contributed by atoms with E-state index in [2.05, 4.69) is 5.32 Å². The Labute approximate surface area is 218 Å². The van der Waals surface area contributed by atoms with Crippen LogP contribution in [0.25, 0.3) is 0 Å². The van der Waals surface area contributed by atoms with E-state index in [1.54, 1.807) is 51.1 Å². The molecule has 2 rings (SSSR count). The average Bonchev–Trinajstić information content (AvgIpc) is 2.73. The third-order valence-electron chi connectivity index (χ3n) is 5.52. The number of nitrogens with zero attached hydrogens (tertiary/aromatic N) is 2. The van der Waals surface area contributed by atoms with Gasteiger partial charge in [0.1, 0.15) is 12.6 Å². The van der Waals surface area contributed by atoms with Gasteiger partial charge in [-0.2, -0.15) is 0 Å². The van der Waals surface area contributed by atoms with E-state index in [1.165, 1.54) is 4.90 Å². The SMILES string of the molecule is CC[C@H](C(=O)NC(C)C)N(Cc1ccc(Cl)c(Cl)c1)C(=O)CN(c1c(C)cccc1C)S(C)(=O)=O. The fraction of sp³-hybridized carbons (Fsp3) is 0.440. The van der Waals surface area contributed by atoms with Gasteiger partial charge in [0.25, 0.3) is 0 Å². The number of carbonyl (C=O) groups excluding carboxylic acids is 2. The lowest BCUT2D eigenvalue weighted by Crippen LogP contribution is -2.53. The first-order chi connectivity index (χ1) is 16.3. The second kappa shape index (κ2) is 12.1. The fourth-order valence-corrected chi connectivity index (χ4v) is 5.20. The van der Waals surface area contributed by atoms with Gasteiger partial charge >= 0.3 is 0 Å². The van der Waals surface area contributed by atoms with E-state index < -0.39 is 28.5 Å². The molecule has 0 fully saturated rings. The van der Waals surface area contributed by atoms with Crippen LogP contribution in [0.15, 0.2) is 36.4 Å². The first-order valence-corrected chi connectivity index (χ1v) is 13.9. The van der Waals surface area contributed by atoms with Gasteiger partial charge in [0.05, 0.1) is 22.0 Å². The Kier molecular flexibility index (Phi) is 10.0. The standard InChI is InChI=1S/C25H33Cl2N3O4S/c1-7-22(25(32)28-16(2)3)29(14-19-11-12-20(26)21(27)13-19)23(31)15-30(35(6,33)34)24-17(4)9-8-10-18(24)5/h8-13,16,22H,7,14-15H2,1-6H3,(H,28,32)/t22-/m1/s1. The summed E-state index contributed by atoms with van der Waals surface area (Å²) in [5.74, 6) is -0.816. The predicted molar refractivity (Wildman–Crippen MR) is 142 cm³/mol. The van der Waals surface area contributed by atoms with Gasteiger partial charge in [0.15, 0.2) is 0 Å². The molecule has 192 valence electrons. The van der Waals surface area contributed by atoms with E-state index in [9.17, 15) is 18.0 Å². The van der Waals surface area contributed by atoms with Gasteiger partial charge in [-0.05, 0) is 62.9 Å². The number of carbonyl (C=O) groups is 2. The second-order valence-electron chi connectivity index (χ2n) is 8.87. The molecule has 2 amide bonds. The van der Waals surface area contributed by atoms with E-state index in [4.69, 9.17) is 23.2 Å². The Morgan fingerprint density at radius 3 is 2.11 bits per heavy atom. The number of sulfonamides is 1. The lowest BCUT2D eigenvalue weighted by molar-refractivity contribution is -0.140. The first-order valence-electron chi connectivity index (χ1n) is 11.3. The Morgan fingerprint density at radius 1 is 1.03 bits per heavy atom. The van der Waals surface area contributed by atoms with E-state index in [0.717, 1.165) is 21.7 Å². The molecule has 0 heterocycles. The number of halogens is 2. The number of amides is 2. The molecule has 0 aromatic heterocycles. The number of aryl methyl sites for hydroxylation is 2. The summed E-state index contributed by atoms with van der Waals surface area (Å²) in [4.78, 5) is 28.1. The van der Waals surface area contributed by atoms with Crippen LogP contribution in [0.5, 0.6) is 0 Å². The van der Waals surface area contributed by atoms with Crippen molar-refractivity contribution in [2.75, 3.05) is 17.1 Å². The summed E-state index contributed by atoms with van der Waals surface area (Å²) in [6.07, 6.45) is 1.41. The molecule has 10 heteroatoms. The summed E-state index contributed by atoms with van der Waals surface area (Å²) in [6.45, 7) is 8.68. The van der Waals surface area contributed by atoms with Crippen LogP contribution in [-0.2, 0) is 26.2 Å². The van der Waals surface area contributed by atoms with E-state index >= 15 is 0 Å². The normalized spacial score (nSPS) is 12.4. The van der Waals surface area contributed by atoms with E-state index in [1.807, 2.05) is 19.9 Å². The number of hydrogen-bond acceptors (Lipinski definition) is 4. The van der Waals surface area contributed by atoms with Crippen LogP contribution < -0.4 is 9.62 Å².